The molecule has 0 aromatic carbocycles. The Morgan fingerprint density at radius 1 is 1.50 bits per heavy atom. The normalized spacial score (nSPS) is 22.6. The van der Waals surface area contributed by atoms with Gasteiger partial charge >= 0.3 is 5.97 Å². The Balaban J connectivity index is 2.32. The van der Waals surface area contributed by atoms with Crippen LogP contribution in [-0.4, -0.2) is 37.1 Å². The van der Waals surface area contributed by atoms with Gasteiger partial charge < -0.3 is 4.74 Å². The first-order valence-corrected chi connectivity index (χ1v) is 6.54. The Kier molecular flexibility index (Phi) is 5.81. The van der Waals surface area contributed by atoms with Crippen molar-refractivity contribution >= 4 is 5.97 Å². The molecule has 3 nitrogen and oxygen atoms in total. The van der Waals surface area contributed by atoms with Crippen LogP contribution in [0.2, 0.25) is 0 Å². The Morgan fingerprint density at radius 3 is 2.69 bits per heavy atom. The number of nitrogens with zero attached hydrogens (tertiary/aromatic N) is 1. The van der Waals surface area contributed by atoms with E-state index in [1.807, 2.05) is 0 Å². The maximum Gasteiger partial charge on any atom is 0.323 e. The maximum absolute atomic E-state index is 11.4. The van der Waals surface area contributed by atoms with Gasteiger partial charge in [-0.3, -0.25) is 9.69 Å². The molecule has 0 aromatic rings. The molecule has 3 heteroatoms. The summed E-state index contributed by atoms with van der Waals surface area (Å²) in [6, 6.07) is 0.0423. The van der Waals surface area contributed by atoms with Gasteiger partial charge in [0, 0.05) is 13.1 Å². The minimum Gasteiger partial charge on any atom is -0.468 e. The largest absolute Gasteiger partial charge is 0.468 e. The summed E-state index contributed by atoms with van der Waals surface area (Å²) in [4.78, 5) is 13.7. The number of rotatable bonds is 7. The van der Waals surface area contributed by atoms with Gasteiger partial charge in [0.15, 0.2) is 0 Å². The molecule has 0 radical (unpaired) electrons. The third kappa shape index (κ3) is 3.48. The van der Waals surface area contributed by atoms with Crippen LogP contribution in [0.25, 0.3) is 0 Å². The smallest absolute Gasteiger partial charge is 0.323 e. The number of ether oxygens (including phenoxy) is 1. The van der Waals surface area contributed by atoms with E-state index in [1.165, 1.54) is 32.8 Å². The van der Waals surface area contributed by atoms with Crippen LogP contribution in [0.5, 0.6) is 0 Å². The molecule has 1 aliphatic rings. The second-order valence-corrected chi connectivity index (χ2v) is 4.74. The number of likely N-dealkylation sites (tertiary alicyclic amines) is 1. The first-order valence-electron chi connectivity index (χ1n) is 6.54. The van der Waals surface area contributed by atoms with Crippen LogP contribution in [-0.2, 0) is 9.53 Å². The Labute approximate surface area is 99.1 Å². The molecule has 2 atom stereocenters. The van der Waals surface area contributed by atoms with Crippen molar-refractivity contribution in [1.29, 1.82) is 0 Å². The van der Waals surface area contributed by atoms with Crippen molar-refractivity contribution in [1.82, 2.24) is 4.90 Å². The summed E-state index contributed by atoms with van der Waals surface area (Å²) in [7, 11) is 1.48. The molecule has 0 N–H and O–H groups in total. The van der Waals surface area contributed by atoms with E-state index in [2.05, 4.69) is 18.7 Å². The van der Waals surface area contributed by atoms with Crippen molar-refractivity contribution in [3.63, 3.8) is 0 Å². The lowest BCUT2D eigenvalue weighted by atomic mass is 9.94. The third-order valence-corrected chi connectivity index (χ3v) is 3.64. The summed E-state index contributed by atoms with van der Waals surface area (Å²) < 4.78 is 4.80. The fourth-order valence-electron chi connectivity index (χ4n) is 2.31. The number of hydrogen-bond donors (Lipinski definition) is 0. The van der Waals surface area contributed by atoms with E-state index in [0.717, 1.165) is 25.4 Å². The van der Waals surface area contributed by atoms with Crippen molar-refractivity contribution in [3.8, 4) is 0 Å². The molecule has 0 spiro atoms. The minimum absolute atomic E-state index is 0.0423. The topological polar surface area (TPSA) is 29.5 Å². The average Bonchev–Trinajstić information content (AvgIpc) is 2.27. The van der Waals surface area contributed by atoms with Crippen LogP contribution >= 0.6 is 0 Å². The average molecular weight is 227 g/mol. The molecule has 0 aliphatic carbocycles. The van der Waals surface area contributed by atoms with Gasteiger partial charge in [-0.15, -0.1) is 0 Å². The lowest BCUT2D eigenvalue weighted by Crippen LogP contribution is -2.54. The maximum atomic E-state index is 11.4. The van der Waals surface area contributed by atoms with Gasteiger partial charge in [-0.05, 0) is 18.8 Å². The van der Waals surface area contributed by atoms with E-state index in [9.17, 15) is 4.79 Å². The quantitative estimate of drug-likeness (QED) is 0.626. The zero-order valence-electron chi connectivity index (χ0n) is 10.9. The summed E-state index contributed by atoms with van der Waals surface area (Å²) in [6.45, 7) is 6.60. The number of carbonyl (C=O) groups is 1. The first-order chi connectivity index (χ1) is 7.72. The number of unbranched alkanes of at least 4 members (excludes halogenated alkanes) is 1. The molecule has 0 saturated carbocycles. The molecule has 2 unspecified atom stereocenters. The zero-order valence-corrected chi connectivity index (χ0v) is 10.9. The van der Waals surface area contributed by atoms with Gasteiger partial charge in [0.2, 0.25) is 0 Å². The molecule has 1 rings (SSSR count). The van der Waals surface area contributed by atoms with Gasteiger partial charge in [0.1, 0.15) is 6.04 Å². The van der Waals surface area contributed by atoms with Crippen molar-refractivity contribution in [2.24, 2.45) is 5.92 Å². The van der Waals surface area contributed by atoms with Gasteiger partial charge in [0.25, 0.3) is 0 Å². The fourth-order valence-corrected chi connectivity index (χ4v) is 2.31. The third-order valence-electron chi connectivity index (χ3n) is 3.64. The monoisotopic (exact) mass is 227 g/mol. The second-order valence-electron chi connectivity index (χ2n) is 4.74. The first kappa shape index (κ1) is 13.5. The number of carbonyl (C=O) groups excluding carboxylic acids is 1. The molecular weight excluding hydrogens is 202 g/mol. The van der Waals surface area contributed by atoms with Crippen molar-refractivity contribution < 1.29 is 9.53 Å². The van der Waals surface area contributed by atoms with Crippen LogP contribution < -0.4 is 0 Å². The Hall–Kier alpha value is -0.570. The van der Waals surface area contributed by atoms with Gasteiger partial charge in [-0.1, -0.05) is 33.1 Å². The van der Waals surface area contributed by atoms with E-state index in [4.69, 9.17) is 4.74 Å². The van der Waals surface area contributed by atoms with Gasteiger partial charge in [0.05, 0.1) is 7.11 Å². The fraction of sp³-hybridized carbons (Fsp3) is 0.923. The van der Waals surface area contributed by atoms with E-state index in [1.54, 1.807) is 0 Å². The predicted octanol–water partition coefficient (Wildman–Crippen LogP) is 2.45. The molecule has 94 valence electrons. The second kappa shape index (κ2) is 6.89. The molecule has 1 heterocycles. The highest BCUT2D eigenvalue weighted by atomic mass is 16.5. The van der Waals surface area contributed by atoms with Crippen molar-refractivity contribution in [3.05, 3.63) is 0 Å². The van der Waals surface area contributed by atoms with Gasteiger partial charge in [-0.2, -0.15) is 0 Å². The molecule has 1 saturated heterocycles. The standard InChI is InChI=1S/C13H25NO2/c1-4-6-7-11(5-2)10-14-9-8-12(14)13(15)16-3/h11-12H,4-10H2,1-3H3. The summed E-state index contributed by atoms with van der Waals surface area (Å²) in [5, 5.41) is 0. The highest BCUT2D eigenvalue weighted by Gasteiger charge is 2.35. The molecule has 0 aromatic heterocycles. The van der Waals surface area contributed by atoms with Crippen LogP contribution in [0, 0.1) is 5.92 Å². The highest BCUT2D eigenvalue weighted by molar-refractivity contribution is 5.76. The van der Waals surface area contributed by atoms with E-state index in [0.29, 0.717) is 0 Å². The Morgan fingerprint density at radius 2 is 2.25 bits per heavy atom. The zero-order chi connectivity index (χ0) is 12.0. The number of methoxy groups -OCH3 is 1. The van der Waals surface area contributed by atoms with Crippen LogP contribution in [0.3, 0.4) is 0 Å². The van der Waals surface area contributed by atoms with Crippen molar-refractivity contribution in [2.45, 2.75) is 52.0 Å². The van der Waals surface area contributed by atoms with Crippen LogP contribution in [0.15, 0.2) is 0 Å². The molecule has 16 heavy (non-hydrogen) atoms. The van der Waals surface area contributed by atoms with Gasteiger partial charge in [-0.25, -0.2) is 0 Å². The van der Waals surface area contributed by atoms with Crippen molar-refractivity contribution in [2.75, 3.05) is 20.2 Å². The Bertz CT molecular complexity index is 218. The lowest BCUT2D eigenvalue weighted by molar-refractivity contribution is -0.152. The summed E-state index contributed by atoms with van der Waals surface area (Å²) >= 11 is 0. The van der Waals surface area contributed by atoms with E-state index in [-0.39, 0.29) is 12.0 Å². The highest BCUT2D eigenvalue weighted by Crippen LogP contribution is 2.23. The number of esters is 1. The molecule has 0 amide bonds. The predicted molar refractivity (Wildman–Crippen MR) is 65.3 cm³/mol. The summed E-state index contributed by atoms with van der Waals surface area (Å²) in [6.07, 6.45) is 6.03. The molecule has 1 fully saturated rings. The summed E-state index contributed by atoms with van der Waals surface area (Å²) in [5.41, 5.74) is 0. The molecule has 1 aliphatic heterocycles. The number of hydrogen-bond acceptors (Lipinski definition) is 3. The van der Waals surface area contributed by atoms with Crippen LogP contribution in [0.1, 0.15) is 46.0 Å². The van der Waals surface area contributed by atoms with E-state index >= 15 is 0 Å². The molecular formula is C13H25NO2. The lowest BCUT2D eigenvalue weighted by Gasteiger charge is -2.40. The minimum atomic E-state index is -0.0587. The van der Waals surface area contributed by atoms with Crippen LogP contribution in [0.4, 0.5) is 0 Å². The molecule has 0 bridgehead atoms. The SMILES string of the molecule is CCCCC(CC)CN1CCC1C(=O)OC. The van der Waals surface area contributed by atoms with E-state index < -0.39 is 0 Å². The summed E-state index contributed by atoms with van der Waals surface area (Å²) in [5.74, 6) is 0.684.